The second-order valence-electron chi connectivity index (χ2n) is 4.05. The van der Waals surface area contributed by atoms with Gasteiger partial charge in [-0.2, -0.15) is 0 Å². The van der Waals surface area contributed by atoms with Gasteiger partial charge >= 0.3 is 0 Å². The lowest BCUT2D eigenvalue weighted by Gasteiger charge is -2.12. The molecule has 0 aliphatic carbocycles. The fourth-order valence-electron chi connectivity index (χ4n) is 1.81. The van der Waals surface area contributed by atoms with Crippen LogP contribution in [-0.4, -0.2) is 18.5 Å². The third kappa shape index (κ3) is 3.35. The van der Waals surface area contributed by atoms with Gasteiger partial charge in [-0.3, -0.25) is 0 Å². The Labute approximate surface area is 117 Å². The predicted molar refractivity (Wildman–Crippen MR) is 80.2 cm³/mol. The van der Waals surface area contributed by atoms with Crippen LogP contribution in [-0.2, 0) is 6.54 Å². The van der Waals surface area contributed by atoms with Crippen LogP contribution in [0.3, 0.4) is 0 Å². The predicted octanol–water partition coefficient (Wildman–Crippen LogP) is 3.73. The Hall–Kier alpha value is -1.81. The minimum absolute atomic E-state index is 0.273. The standard InChI is InChI=1S/C15H17NO2S/c1-18-12-7-8-14(17)11(9-12)10-16-13-5-3-4-6-15(13)19-2/h3-9,16-17H,10H2,1-2H3. The van der Waals surface area contributed by atoms with Crippen molar-refractivity contribution in [1.82, 2.24) is 0 Å². The lowest BCUT2D eigenvalue weighted by molar-refractivity contribution is 0.411. The number of thioether (sulfide) groups is 1. The maximum Gasteiger partial charge on any atom is 0.120 e. The van der Waals surface area contributed by atoms with Crippen molar-refractivity contribution in [2.24, 2.45) is 0 Å². The van der Waals surface area contributed by atoms with Gasteiger partial charge in [0.2, 0.25) is 0 Å². The highest BCUT2D eigenvalue weighted by molar-refractivity contribution is 7.98. The summed E-state index contributed by atoms with van der Waals surface area (Å²) < 4.78 is 5.16. The average molecular weight is 275 g/mol. The fourth-order valence-corrected chi connectivity index (χ4v) is 2.39. The van der Waals surface area contributed by atoms with E-state index in [1.165, 1.54) is 4.90 Å². The van der Waals surface area contributed by atoms with E-state index >= 15 is 0 Å². The molecule has 2 rings (SSSR count). The number of ether oxygens (including phenoxy) is 1. The Balaban J connectivity index is 2.14. The molecule has 3 nitrogen and oxygen atoms in total. The first-order valence-electron chi connectivity index (χ1n) is 5.97. The maximum atomic E-state index is 9.83. The van der Waals surface area contributed by atoms with Crippen molar-refractivity contribution in [2.45, 2.75) is 11.4 Å². The Kier molecular flexibility index (Phi) is 4.58. The van der Waals surface area contributed by atoms with Gasteiger partial charge in [-0.15, -0.1) is 11.8 Å². The molecule has 2 aromatic carbocycles. The van der Waals surface area contributed by atoms with Crippen molar-refractivity contribution in [2.75, 3.05) is 18.7 Å². The molecule has 0 unspecified atom stereocenters. The van der Waals surface area contributed by atoms with Crippen LogP contribution in [0.4, 0.5) is 5.69 Å². The highest BCUT2D eigenvalue weighted by Gasteiger charge is 2.05. The van der Waals surface area contributed by atoms with Gasteiger partial charge in [0.05, 0.1) is 7.11 Å². The largest absolute Gasteiger partial charge is 0.508 e. The first kappa shape index (κ1) is 13.6. The summed E-state index contributed by atoms with van der Waals surface area (Å²) in [5, 5.41) is 13.2. The SMILES string of the molecule is COc1ccc(O)c(CNc2ccccc2SC)c1. The van der Waals surface area contributed by atoms with E-state index in [1.54, 1.807) is 31.0 Å². The van der Waals surface area contributed by atoms with E-state index in [0.717, 1.165) is 17.0 Å². The van der Waals surface area contributed by atoms with Gasteiger partial charge in [-0.25, -0.2) is 0 Å². The zero-order valence-electron chi connectivity index (χ0n) is 11.0. The molecule has 0 aliphatic rings. The van der Waals surface area contributed by atoms with E-state index in [4.69, 9.17) is 4.74 Å². The molecule has 0 spiro atoms. The highest BCUT2D eigenvalue weighted by Crippen LogP contribution is 2.27. The quantitative estimate of drug-likeness (QED) is 0.816. The minimum Gasteiger partial charge on any atom is -0.508 e. The molecule has 4 heteroatoms. The Bertz CT molecular complexity index is 558. The fraction of sp³-hybridized carbons (Fsp3) is 0.200. The normalized spacial score (nSPS) is 10.2. The highest BCUT2D eigenvalue weighted by atomic mass is 32.2. The molecule has 2 aromatic rings. The Morgan fingerprint density at radius 3 is 2.74 bits per heavy atom. The maximum absolute atomic E-state index is 9.83. The van der Waals surface area contributed by atoms with Gasteiger partial charge in [0.25, 0.3) is 0 Å². The second-order valence-corrected chi connectivity index (χ2v) is 4.90. The Morgan fingerprint density at radius 2 is 2.00 bits per heavy atom. The molecule has 0 saturated heterocycles. The van der Waals surface area contributed by atoms with Crippen LogP contribution in [0, 0.1) is 0 Å². The van der Waals surface area contributed by atoms with Crippen LogP contribution < -0.4 is 10.1 Å². The van der Waals surface area contributed by atoms with Crippen molar-refractivity contribution < 1.29 is 9.84 Å². The lowest BCUT2D eigenvalue weighted by Crippen LogP contribution is -2.01. The van der Waals surface area contributed by atoms with Crippen LogP contribution in [0.25, 0.3) is 0 Å². The minimum atomic E-state index is 0.273. The van der Waals surface area contributed by atoms with Crippen LogP contribution >= 0.6 is 11.8 Å². The van der Waals surface area contributed by atoms with Gasteiger partial charge in [-0.1, -0.05) is 12.1 Å². The van der Waals surface area contributed by atoms with Crippen molar-refractivity contribution >= 4 is 17.4 Å². The summed E-state index contributed by atoms with van der Waals surface area (Å²) in [7, 11) is 1.62. The molecular formula is C15H17NO2S. The number of phenolic OH excluding ortho intramolecular Hbond substituents is 1. The van der Waals surface area contributed by atoms with Crippen LogP contribution in [0.1, 0.15) is 5.56 Å². The monoisotopic (exact) mass is 275 g/mol. The molecule has 100 valence electrons. The number of anilines is 1. The van der Waals surface area contributed by atoms with Crippen molar-refractivity contribution in [1.29, 1.82) is 0 Å². The topological polar surface area (TPSA) is 41.5 Å². The summed E-state index contributed by atoms with van der Waals surface area (Å²) in [6.07, 6.45) is 2.05. The molecule has 0 aliphatic heterocycles. The van der Waals surface area contributed by atoms with Crippen molar-refractivity contribution in [3.05, 3.63) is 48.0 Å². The van der Waals surface area contributed by atoms with Gasteiger partial charge in [0, 0.05) is 22.7 Å². The van der Waals surface area contributed by atoms with E-state index in [9.17, 15) is 5.11 Å². The smallest absolute Gasteiger partial charge is 0.120 e. The molecule has 0 saturated carbocycles. The summed E-state index contributed by atoms with van der Waals surface area (Å²) in [6, 6.07) is 13.3. The number of nitrogens with one attached hydrogen (secondary N) is 1. The number of hydrogen-bond acceptors (Lipinski definition) is 4. The summed E-state index contributed by atoms with van der Waals surface area (Å²) in [4.78, 5) is 1.19. The molecule has 0 aromatic heterocycles. The summed E-state index contributed by atoms with van der Waals surface area (Å²) in [5.41, 5.74) is 1.88. The molecule has 0 radical (unpaired) electrons. The summed E-state index contributed by atoms with van der Waals surface area (Å²) in [6.45, 7) is 0.556. The van der Waals surface area contributed by atoms with Gasteiger partial charge in [0.1, 0.15) is 11.5 Å². The third-order valence-electron chi connectivity index (χ3n) is 2.86. The molecule has 0 atom stereocenters. The van der Waals surface area contributed by atoms with Crippen molar-refractivity contribution in [3.63, 3.8) is 0 Å². The van der Waals surface area contributed by atoms with E-state index < -0.39 is 0 Å². The number of aromatic hydroxyl groups is 1. The van der Waals surface area contributed by atoms with Gasteiger partial charge in [-0.05, 0) is 36.6 Å². The van der Waals surface area contributed by atoms with E-state index in [0.29, 0.717) is 6.54 Å². The van der Waals surface area contributed by atoms with E-state index in [-0.39, 0.29) is 5.75 Å². The van der Waals surface area contributed by atoms with E-state index in [2.05, 4.69) is 11.4 Å². The number of rotatable bonds is 5. The molecule has 19 heavy (non-hydrogen) atoms. The molecular weight excluding hydrogens is 258 g/mol. The van der Waals surface area contributed by atoms with Gasteiger partial charge < -0.3 is 15.2 Å². The third-order valence-corrected chi connectivity index (χ3v) is 3.66. The Morgan fingerprint density at radius 1 is 1.21 bits per heavy atom. The number of methoxy groups -OCH3 is 1. The average Bonchev–Trinajstić information content (AvgIpc) is 2.46. The summed E-state index contributed by atoms with van der Waals surface area (Å²) in [5.74, 6) is 1.02. The summed E-state index contributed by atoms with van der Waals surface area (Å²) >= 11 is 1.69. The zero-order valence-corrected chi connectivity index (χ0v) is 11.8. The molecule has 0 heterocycles. The lowest BCUT2D eigenvalue weighted by atomic mass is 10.2. The number of hydrogen-bond donors (Lipinski definition) is 2. The van der Waals surface area contributed by atoms with Crippen molar-refractivity contribution in [3.8, 4) is 11.5 Å². The molecule has 2 N–H and O–H groups in total. The number of benzene rings is 2. The first-order chi connectivity index (χ1) is 9.24. The van der Waals surface area contributed by atoms with Crippen LogP contribution in [0.2, 0.25) is 0 Å². The molecule has 0 bridgehead atoms. The van der Waals surface area contributed by atoms with E-state index in [1.807, 2.05) is 30.5 Å². The second kappa shape index (κ2) is 6.38. The van der Waals surface area contributed by atoms with Gasteiger partial charge in [0.15, 0.2) is 0 Å². The number of phenols is 1. The zero-order chi connectivity index (χ0) is 13.7. The molecule has 0 amide bonds. The number of para-hydroxylation sites is 1. The molecule has 0 fully saturated rings. The van der Waals surface area contributed by atoms with Crippen LogP contribution in [0.5, 0.6) is 11.5 Å². The first-order valence-corrected chi connectivity index (χ1v) is 7.20. The van der Waals surface area contributed by atoms with Crippen LogP contribution in [0.15, 0.2) is 47.4 Å².